The van der Waals surface area contributed by atoms with E-state index in [0.717, 1.165) is 58.1 Å². The van der Waals surface area contributed by atoms with Gasteiger partial charge in [0.1, 0.15) is 11.5 Å². The maximum atomic E-state index is 12.8. The predicted octanol–water partition coefficient (Wildman–Crippen LogP) is 6.51. The van der Waals surface area contributed by atoms with Crippen molar-refractivity contribution in [3.05, 3.63) is 82.1 Å². The molecule has 2 aromatic heterocycles. The van der Waals surface area contributed by atoms with Crippen LogP contribution >= 0.6 is 11.9 Å². The fraction of sp³-hybridized carbons (Fsp3) is 0.345. The molecule has 0 saturated heterocycles. The minimum absolute atomic E-state index is 0.0873. The van der Waals surface area contributed by atoms with Crippen molar-refractivity contribution in [3.63, 3.8) is 0 Å². The summed E-state index contributed by atoms with van der Waals surface area (Å²) in [5.41, 5.74) is 8.04. The highest BCUT2D eigenvalue weighted by molar-refractivity contribution is 8.00. The van der Waals surface area contributed by atoms with E-state index in [9.17, 15) is 4.79 Å². The number of rotatable bonds is 10. The van der Waals surface area contributed by atoms with Gasteiger partial charge in [-0.1, -0.05) is 55.4 Å². The Bertz CT molecular complexity index is 1410. The van der Waals surface area contributed by atoms with Crippen molar-refractivity contribution in [3.8, 4) is 11.1 Å². The molecule has 0 aliphatic heterocycles. The molecule has 4 rings (SSSR count). The lowest BCUT2D eigenvalue weighted by atomic mass is 9.98. The SMILES string of the molecule is CCCc1nc(CC)c(C(=O)NC)n1Cc1ccc(-c2ccccc2SNc2onc(C)c2C)c(C)c1. The summed E-state index contributed by atoms with van der Waals surface area (Å²) in [6.45, 7) is 10.9. The van der Waals surface area contributed by atoms with Gasteiger partial charge in [-0.3, -0.25) is 9.52 Å². The Labute approximate surface area is 223 Å². The summed E-state index contributed by atoms with van der Waals surface area (Å²) in [5.74, 6) is 1.55. The zero-order valence-electron chi connectivity index (χ0n) is 22.4. The molecule has 0 aliphatic carbocycles. The number of hydrogen-bond donors (Lipinski definition) is 2. The summed E-state index contributed by atoms with van der Waals surface area (Å²) in [6.07, 6.45) is 2.53. The molecule has 194 valence electrons. The van der Waals surface area contributed by atoms with Gasteiger partial charge in [-0.15, -0.1) is 0 Å². The fourth-order valence-electron chi connectivity index (χ4n) is 4.46. The second-order valence-corrected chi connectivity index (χ2v) is 10.0. The first-order chi connectivity index (χ1) is 17.9. The standard InChI is InChI=1S/C29H35N5O2S/c1-7-11-26-31-24(8-2)27(28(35)30-6)34(26)17-21-14-15-22(18(3)16-21)23-12-9-10-13-25(23)37-33-29-19(4)20(5)32-36-29/h9-10,12-16,33H,7-8,11,17H2,1-6H3,(H,30,35). The van der Waals surface area contributed by atoms with E-state index in [4.69, 9.17) is 9.51 Å². The summed E-state index contributed by atoms with van der Waals surface area (Å²) in [7, 11) is 1.67. The normalized spacial score (nSPS) is 11.1. The lowest BCUT2D eigenvalue weighted by molar-refractivity contribution is 0.0953. The Hall–Kier alpha value is -3.52. The van der Waals surface area contributed by atoms with Gasteiger partial charge < -0.3 is 14.4 Å². The number of anilines is 1. The molecule has 0 fully saturated rings. The van der Waals surface area contributed by atoms with Crippen LogP contribution in [-0.4, -0.2) is 27.7 Å². The molecule has 0 spiro atoms. The molecular weight excluding hydrogens is 482 g/mol. The van der Waals surface area contributed by atoms with E-state index in [1.165, 1.54) is 23.1 Å². The van der Waals surface area contributed by atoms with Gasteiger partial charge in [0.2, 0.25) is 5.88 Å². The highest BCUT2D eigenvalue weighted by atomic mass is 32.2. The van der Waals surface area contributed by atoms with Crippen LogP contribution in [-0.2, 0) is 19.4 Å². The van der Waals surface area contributed by atoms with Crippen molar-refractivity contribution in [2.75, 3.05) is 11.8 Å². The van der Waals surface area contributed by atoms with Crippen molar-refractivity contribution < 1.29 is 9.32 Å². The second-order valence-electron chi connectivity index (χ2n) is 9.16. The first-order valence-electron chi connectivity index (χ1n) is 12.7. The van der Waals surface area contributed by atoms with Gasteiger partial charge in [-0.25, -0.2) is 4.98 Å². The van der Waals surface area contributed by atoms with Gasteiger partial charge in [-0.05, 0) is 73.9 Å². The maximum absolute atomic E-state index is 12.8. The first-order valence-corrected chi connectivity index (χ1v) is 13.5. The number of nitrogens with one attached hydrogen (secondary N) is 2. The lowest BCUT2D eigenvalue weighted by Crippen LogP contribution is -2.24. The largest absolute Gasteiger partial charge is 0.354 e. The average Bonchev–Trinajstić information content (AvgIpc) is 3.41. The minimum atomic E-state index is -0.0873. The monoisotopic (exact) mass is 517 g/mol. The van der Waals surface area contributed by atoms with E-state index in [-0.39, 0.29) is 5.91 Å². The number of aromatic nitrogens is 3. The number of carbonyl (C=O) groups excluding carboxylic acids is 1. The second kappa shape index (κ2) is 11.7. The number of amides is 1. The molecule has 7 nitrogen and oxygen atoms in total. The van der Waals surface area contributed by atoms with Crippen molar-refractivity contribution in [2.45, 2.75) is 65.3 Å². The molecule has 0 bridgehead atoms. The van der Waals surface area contributed by atoms with Crippen LogP contribution in [0.15, 0.2) is 51.9 Å². The van der Waals surface area contributed by atoms with Crippen LogP contribution in [0.3, 0.4) is 0 Å². The molecule has 2 aromatic carbocycles. The number of nitrogens with zero attached hydrogens (tertiary/aromatic N) is 3. The Morgan fingerprint density at radius 2 is 1.86 bits per heavy atom. The van der Waals surface area contributed by atoms with Crippen LogP contribution in [0.1, 0.15) is 64.7 Å². The van der Waals surface area contributed by atoms with Gasteiger partial charge in [0.05, 0.1) is 11.4 Å². The van der Waals surface area contributed by atoms with E-state index in [1.54, 1.807) is 7.05 Å². The quantitative estimate of drug-likeness (QED) is 0.233. The Morgan fingerprint density at radius 3 is 2.51 bits per heavy atom. The van der Waals surface area contributed by atoms with E-state index < -0.39 is 0 Å². The molecule has 37 heavy (non-hydrogen) atoms. The predicted molar refractivity (Wildman–Crippen MR) is 150 cm³/mol. The Kier molecular flexibility index (Phi) is 8.38. The molecular formula is C29H35N5O2S. The molecule has 1 amide bonds. The molecule has 0 saturated carbocycles. The Morgan fingerprint density at radius 1 is 1.08 bits per heavy atom. The third-order valence-corrected chi connectivity index (χ3v) is 7.45. The summed E-state index contributed by atoms with van der Waals surface area (Å²) in [6, 6.07) is 14.9. The molecule has 4 aromatic rings. The van der Waals surface area contributed by atoms with E-state index in [0.29, 0.717) is 18.1 Å². The molecule has 0 radical (unpaired) electrons. The summed E-state index contributed by atoms with van der Waals surface area (Å²) < 4.78 is 10.8. The first kappa shape index (κ1) is 26.5. The van der Waals surface area contributed by atoms with Crippen molar-refractivity contribution >= 4 is 23.7 Å². The van der Waals surface area contributed by atoms with Crippen LogP contribution in [0.5, 0.6) is 0 Å². The van der Waals surface area contributed by atoms with Crippen LogP contribution in [0, 0.1) is 20.8 Å². The average molecular weight is 518 g/mol. The van der Waals surface area contributed by atoms with E-state index in [2.05, 4.69) is 70.0 Å². The Balaban J connectivity index is 1.63. The number of benzene rings is 2. The van der Waals surface area contributed by atoms with E-state index >= 15 is 0 Å². The van der Waals surface area contributed by atoms with Crippen LogP contribution in [0.2, 0.25) is 0 Å². The molecule has 0 atom stereocenters. The number of carbonyl (C=O) groups is 1. The molecule has 8 heteroatoms. The van der Waals surface area contributed by atoms with Crippen LogP contribution < -0.4 is 10.0 Å². The third kappa shape index (κ3) is 5.59. The fourth-order valence-corrected chi connectivity index (χ4v) is 5.28. The van der Waals surface area contributed by atoms with Gasteiger partial charge in [0, 0.05) is 30.5 Å². The van der Waals surface area contributed by atoms with Gasteiger partial charge in [-0.2, -0.15) is 0 Å². The maximum Gasteiger partial charge on any atom is 0.269 e. The molecule has 2 heterocycles. The van der Waals surface area contributed by atoms with Crippen molar-refractivity contribution in [2.24, 2.45) is 0 Å². The third-order valence-electron chi connectivity index (χ3n) is 6.59. The summed E-state index contributed by atoms with van der Waals surface area (Å²) >= 11 is 1.52. The lowest BCUT2D eigenvalue weighted by Gasteiger charge is -2.15. The zero-order chi connectivity index (χ0) is 26.5. The van der Waals surface area contributed by atoms with Gasteiger partial charge in [0.25, 0.3) is 5.91 Å². The summed E-state index contributed by atoms with van der Waals surface area (Å²) in [5, 5.41) is 6.83. The number of hydrogen-bond acceptors (Lipinski definition) is 6. The minimum Gasteiger partial charge on any atom is -0.354 e. The van der Waals surface area contributed by atoms with Gasteiger partial charge in [0.15, 0.2) is 0 Å². The highest BCUT2D eigenvalue weighted by Gasteiger charge is 2.21. The molecule has 0 unspecified atom stereocenters. The van der Waals surface area contributed by atoms with Crippen LogP contribution in [0.25, 0.3) is 11.1 Å². The van der Waals surface area contributed by atoms with Crippen LogP contribution in [0.4, 0.5) is 5.88 Å². The smallest absolute Gasteiger partial charge is 0.269 e. The number of aryl methyl sites for hydroxylation is 4. The zero-order valence-corrected chi connectivity index (χ0v) is 23.3. The van der Waals surface area contributed by atoms with Crippen molar-refractivity contribution in [1.82, 2.24) is 20.0 Å². The molecule has 0 aliphatic rings. The van der Waals surface area contributed by atoms with Crippen molar-refractivity contribution in [1.29, 1.82) is 0 Å². The van der Waals surface area contributed by atoms with Gasteiger partial charge >= 0.3 is 0 Å². The topological polar surface area (TPSA) is 85.0 Å². The molecule has 2 N–H and O–H groups in total. The summed E-state index contributed by atoms with van der Waals surface area (Å²) in [4.78, 5) is 18.7. The van der Waals surface area contributed by atoms with E-state index in [1.807, 2.05) is 26.8 Å². The number of imidazole rings is 1. The highest BCUT2D eigenvalue weighted by Crippen LogP contribution is 2.35.